The highest BCUT2D eigenvalue weighted by molar-refractivity contribution is 5.89. The van der Waals surface area contributed by atoms with E-state index >= 15 is 0 Å². The van der Waals surface area contributed by atoms with Gasteiger partial charge in [0.15, 0.2) is 5.65 Å². The van der Waals surface area contributed by atoms with Gasteiger partial charge in [-0.05, 0) is 30.7 Å². The van der Waals surface area contributed by atoms with Gasteiger partial charge in [0, 0.05) is 0 Å². The Morgan fingerprint density at radius 1 is 1.37 bits per heavy atom. The number of fused-ring (bicyclic) bond motifs is 1. The summed E-state index contributed by atoms with van der Waals surface area (Å²) in [6.07, 6.45) is 0.781. The van der Waals surface area contributed by atoms with Gasteiger partial charge < -0.3 is 5.73 Å². The van der Waals surface area contributed by atoms with Crippen LogP contribution in [0, 0.1) is 11.3 Å². The van der Waals surface area contributed by atoms with Crippen molar-refractivity contribution < 1.29 is 0 Å². The molecule has 0 aliphatic heterocycles. The Kier molecular flexibility index (Phi) is 2.46. The van der Waals surface area contributed by atoms with E-state index in [2.05, 4.69) is 21.4 Å². The molecule has 0 bridgehead atoms. The van der Waals surface area contributed by atoms with Crippen molar-refractivity contribution >= 4 is 16.9 Å². The monoisotopic (exact) mass is 252 g/mol. The van der Waals surface area contributed by atoms with E-state index in [1.54, 1.807) is 16.8 Å². The zero-order valence-electron chi connectivity index (χ0n) is 10.4. The summed E-state index contributed by atoms with van der Waals surface area (Å²) in [4.78, 5) is 0. The second kappa shape index (κ2) is 4.14. The first-order valence-electron chi connectivity index (χ1n) is 5.96. The van der Waals surface area contributed by atoms with Crippen LogP contribution in [0.4, 0.5) is 5.82 Å². The summed E-state index contributed by atoms with van der Waals surface area (Å²) in [5.41, 5.74) is 8.96. The number of H-pyrrole nitrogens is 1. The van der Waals surface area contributed by atoms with Crippen LogP contribution in [0.3, 0.4) is 0 Å². The van der Waals surface area contributed by atoms with Crippen LogP contribution in [-0.4, -0.2) is 20.0 Å². The highest BCUT2D eigenvalue weighted by Gasteiger charge is 2.16. The molecule has 0 amide bonds. The number of aromatic nitrogens is 4. The largest absolute Gasteiger partial charge is 0.383 e. The van der Waals surface area contributed by atoms with Crippen LogP contribution in [0.25, 0.3) is 16.7 Å². The molecule has 0 unspecified atom stereocenters. The zero-order valence-corrected chi connectivity index (χ0v) is 10.4. The first-order valence-corrected chi connectivity index (χ1v) is 5.96. The predicted octanol–water partition coefficient (Wildman–Crippen LogP) is 1.76. The predicted molar refractivity (Wildman–Crippen MR) is 71.7 cm³/mol. The van der Waals surface area contributed by atoms with E-state index in [4.69, 9.17) is 11.0 Å². The van der Waals surface area contributed by atoms with Gasteiger partial charge in [-0.3, -0.25) is 5.10 Å². The van der Waals surface area contributed by atoms with E-state index in [-0.39, 0.29) is 0 Å². The number of nitrogens with one attached hydrogen (secondary N) is 1. The Bertz CT molecular complexity index is 772. The van der Waals surface area contributed by atoms with Gasteiger partial charge in [-0.25, -0.2) is 4.68 Å². The smallest absolute Gasteiger partial charge is 0.186 e. The van der Waals surface area contributed by atoms with Crippen LogP contribution in [0.15, 0.2) is 24.3 Å². The number of benzene rings is 1. The van der Waals surface area contributed by atoms with Gasteiger partial charge in [0.2, 0.25) is 0 Å². The first kappa shape index (κ1) is 11.3. The molecule has 0 saturated heterocycles. The zero-order chi connectivity index (χ0) is 13.4. The van der Waals surface area contributed by atoms with E-state index in [1.807, 2.05) is 19.1 Å². The quantitative estimate of drug-likeness (QED) is 0.726. The molecule has 2 heterocycles. The Balaban J connectivity index is 2.22. The molecule has 94 valence electrons. The minimum Gasteiger partial charge on any atom is -0.383 e. The molecule has 6 heteroatoms. The molecule has 0 atom stereocenters. The van der Waals surface area contributed by atoms with Crippen LogP contribution >= 0.6 is 0 Å². The van der Waals surface area contributed by atoms with Crippen LogP contribution in [0.5, 0.6) is 0 Å². The second-order valence-corrected chi connectivity index (χ2v) is 4.21. The maximum Gasteiger partial charge on any atom is 0.186 e. The highest BCUT2D eigenvalue weighted by atomic mass is 15.3. The molecule has 6 nitrogen and oxygen atoms in total. The number of aromatic amines is 1. The van der Waals surface area contributed by atoms with Crippen LogP contribution < -0.4 is 5.73 Å². The SMILES string of the molecule is CCc1nn(-c2ccc(C#N)cc2)c2n[nH]c(N)c12. The van der Waals surface area contributed by atoms with E-state index in [0.29, 0.717) is 17.0 Å². The number of nitrogens with zero attached hydrogens (tertiary/aromatic N) is 4. The van der Waals surface area contributed by atoms with Crippen molar-refractivity contribution in [2.45, 2.75) is 13.3 Å². The van der Waals surface area contributed by atoms with Gasteiger partial charge in [0.05, 0.1) is 28.4 Å². The maximum atomic E-state index is 8.81. The van der Waals surface area contributed by atoms with Crippen LogP contribution in [0.2, 0.25) is 0 Å². The minimum absolute atomic E-state index is 0.534. The van der Waals surface area contributed by atoms with Crippen molar-refractivity contribution in [2.24, 2.45) is 0 Å². The molecular formula is C13H12N6. The van der Waals surface area contributed by atoms with Crippen molar-refractivity contribution in [1.29, 1.82) is 5.26 Å². The number of hydrogen-bond donors (Lipinski definition) is 2. The fraction of sp³-hybridized carbons (Fsp3) is 0.154. The van der Waals surface area contributed by atoms with Gasteiger partial charge in [-0.2, -0.15) is 15.5 Å². The van der Waals surface area contributed by atoms with Gasteiger partial charge in [0.25, 0.3) is 0 Å². The summed E-state index contributed by atoms with van der Waals surface area (Å²) < 4.78 is 1.74. The third-order valence-electron chi connectivity index (χ3n) is 3.06. The number of nitrogen functional groups attached to an aromatic ring is 1. The fourth-order valence-electron chi connectivity index (χ4n) is 2.11. The second-order valence-electron chi connectivity index (χ2n) is 4.21. The Morgan fingerprint density at radius 2 is 2.11 bits per heavy atom. The lowest BCUT2D eigenvalue weighted by atomic mass is 10.2. The van der Waals surface area contributed by atoms with E-state index in [9.17, 15) is 0 Å². The molecule has 1 aromatic carbocycles. The summed E-state index contributed by atoms with van der Waals surface area (Å²) in [7, 11) is 0. The van der Waals surface area contributed by atoms with Crippen molar-refractivity contribution in [3.8, 4) is 11.8 Å². The summed E-state index contributed by atoms with van der Waals surface area (Å²) in [5, 5.41) is 21.2. The Labute approximate surface area is 109 Å². The van der Waals surface area contributed by atoms with Crippen LogP contribution in [0.1, 0.15) is 18.2 Å². The van der Waals surface area contributed by atoms with Gasteiger partial charge in [-0.1, -0.05) is 6.92 Å². The molecule has 0 spiro atoms. The molecule has 3 rings (SSSR count). The average molecular weight is 252 g/mol. The van der Waals surface area contributed by atoms with Crippen molar-refractivity contribution in [3.05, 3.63) is 35.5 Å². The number of hydrogen-bond acceptors (Lipinski definition) is 4. The summed E-state index contributed by atoms with van der Waals surface area (Å²) in [6, 6.07) is 9.29. The molecule has 2 aromatic heterocycles. The lowest BCUT2D eigenvalue weighted by molar-refractivity contribution is 0.844. The molecule has 0 aliphatic carbocycles. The van der Waals surface area contributed by atoms with Gasteiger partial charge in [-0.15, -0.1) is 0 Å². The maximum absolute atomic E-state index is 8.81. The topological polar surface area (TPSA) is 96.3 Å². The molecule has 3 aromatic rings. The van der Waals surface area contributed by atoms with E-state index < -0.39 is 0 Å². The molecular weight excluding hydrogens is 240 g/mol. The van der Waals surface area contributed by atoms with Crippen molar-refractivity contribution in [1.82, 2.24) is 20.0 Å². The molecule has 0 aliphatic rings. The highest BCUT2D eigenvalue weighted by Crippen LogP contribution is 2.25. The first-order chi connectivity index (χ1) is 9.24. The minimum atomic E-state index is 0.534. The van der Waals surface area contributed by atoms with E-state index in [1.165, 1.54) is 0 Å². The number of rotatable bonds is 2. The molecule has 19 heavy (non-hydrogen) atoms. The Hall–Kier alpha value is -2.81. The summed E-state index contributed by atoms with van der Waals surface area (Å²) in [5.74, 6) is 0.534. The number of aryl methyl sites for hydroxylation is 1. The lowest BCUT2D eigenvalue weighted by Gasteiger charge is -2.01. The molecule has 0 radical (unpaired) electrons. The van der Waals surface area contributed by atoms with Crippen LogP contribution in [-0.2, 0) is 6.42 Å². The molecule has 0 fully saturated rings. The number of nitriles is 1. The third kappa shape index (κ3) is 1.64. The lowest BCUT2D eigenvalue weighted by Crippen LogP contribution is -1.98. The van der Waals surface area contributed by atoms with Gasteiger partial charge in [0.1, 0.15) is 5.82 Å². The van der Waals surface area contributed by atoms with E-state index in [0.717, 1.165) is 23.2 Å². The third-order valence-corrected chi connectivity index (χ3v) is 3.06. The number of anilines is 1. The molecule has 3 N–H and O–H groups in total. The van der Waals surface area contributed by atoms with Crippen molar-refractivity contribution in [3.63, 3.8) is 0 Å². The summed E-state index contributed by atoms with van der Waals surface area (Å²) in [6.45, 7) is 2.03. The normalized spacial score (nSPS) is 10.7. The average Bonchev–Trinajstić information content (AvgIpc) is 3.00. The Morgan fingerprint density at radius 3 is 2.74 bits per heavy atom. The fourth-order valence-corrected chi connectivity index (χ4v) is 2.11. The molecule has 0 saturated carbocycles. The standard InChI is InChI=1S/C13H12N6/c1-2-10-11-12(15)16-17-13(11)19(18-10)9-5-3-8(7-14)4-6-9/h3-6H,2H2,1H3,(H3,15,16,17). The van der Waals surface area contributed by atoms with Crippen molar-refractivity contribution in [2.75, 3.05) is 5.73 Å². The number of nitrogens with two attached hydrogens (primary N) is 1. The summed E-state index contributed by atoms with van der Waals surface area (Å²) >= 11 is 0. The van der Waals surface area contributed by atoms with Gasteiger partial charge >= 0.3 is 0 Å².